The number of hydrogen-bond donors (Lipinski definition) is 0. The molecule has 0 spiro atoms. The molecule has 0 unspecified atom stereocenters. The minimum Gasteiger partial charge on any atom is -0.460 e. The third-order valence-electron chi connectivity index (χ3n) is 5.14. The highest BCUT2D eigenvalue weighted by atomic mass is 16.5. The van der Waals surface area contributed by atoms with Crippen molar-refractivity contribution in [3.05, 3.63) is 74.4 Å². The van der Waals surface area contributed by atoms with E-state index in [1.165, 1.54) is 17.9 Å². The van der Waals surface area contributed by atoms with Crippen molar-refractivity contribution in [1.29, 1.82) is 0 Å². The highest BCUT2D eigenvalue weighted by molar-refractivity contribution is 5.89. The SMILES string of the molecule is Cc1cc(C)n(-c2ccc(C(=O)OCCn3cnc4c3c(=O)n(C)c(=O)n4C)cc2)n1. The summed E-state index contributed by atoms with van der Waals surface area (Å²) in [5.74, 6) is -0.468. The van der Waals surface area contributed by atoms with E-state index in [0.29, 0.717) is 11.2 Å². The maximum absolute atomic E-state index is 12.4. The molecule has 0 fully saturated rings. The molecule has 0 aliphatic carbocycles. The van der Waals surface area contributed by atoms with Crippen molar-refractivity contribution in [3.8, 4) is 5.69 Å². The number of benzene rings is 1. The first kappa shape index (κ1) is 20.3. The van der Waals surface area contributed by atoms with E-state index in [1.807, 2.05) is 36.7 Å². The highest BCUT2D eigenvalue weighted by Crippen LogP contribution is 2.14. The van der Waals surface area contributed by atoms with Gasteiger partial charge in [0.2, 0.25) is 0 Å². The molecule has 4 aromatic rings. The molecule has 0 aliphatic heterocycles. The van der Waals surface area contributed by atoms with Crippen molar-refractivity contribution in [2.75, 3.05) is 6.61 Å². The first-order valence-electron chi connectivity index (χ1n) is 9.69. The highest BCUT2D eigenvalue weighted by Gasteiger charge is 2.15. The molecule has 0 radical (unpaired) electrons. The maximum atomic E-state index is 12.4. The second-order valence-corrected chi connectivity index (χ2v) is 7.34. The Bertz CT molecular complexity index is 1400. The average molecular weight is 422 g/mol. The first-order valence-corrected chi connectivity index (χ1v) is 9.69. The van der Waals surface area contributed by atoms with Crippen LogP contribution in [0.4, 0.5) is 0 Å². The van der Waals surface area contributed by atoms with Gasteiger partial charge in [-0.05, 0) is 44.2 Å². The van der Waals surface area contributed by atoms with E-state index in [4.69, 9.17) is 4.74 Å². The molecule has 3 heterocycles. The third-order valence-corrected chi connectivity index (χ3v) is 5.14. The van der Waals surface area contributed by atoms with E-state index in [1.54, 1.807) is 23.7 Å². The average Bonchev–Trinajstić information content (AvgIpc) is 3.33. The molecule has 0 saturated heterocycles. The summed E-state index contributed by atoms with van der Waals surface area (Å²) in [6.07, 6.45) is 1.46. The van der Waals surface area contributed by atoms with Crippen LogP contribution in [0, 0.1) is 13.8 Å². The van der Waals surface area contributed by atoms with Crippen LogP contribution in [0.25, 0.3) is 16.9 Å². The minimum atomic E-state index is -0.468. The fourth-order valence-electron chi connectivity index (χ4n) is 3.52. The molecule has 4 rings (SSSR count). The molecular formula is C21H22N6O4. The maximum Gasteiger partial charge on any atom is 0.338 e. The van der Waals surface area contributed by atoms with Gasteiger partial charge in [-0.3, -0.25) is 13.9 Å². The zero-order valence-electron chi connectivity index (χ0n) is 17.7. The van der Waals surface area contributed by atoms with Crippen LogP contribution < -0.4 is 11.2 Å². The topological polar surface area (TPSA) is 106 Å². The first-order chi connectivity index (χ1) is 14.8. The Morgan fingerprint density at radius 3 is 2.42 bits per heavy atom. The second kappa shape index (κ2) is 7.71. The molecule has 160 valence electrons. The molecule has 1 aromatic carbocycles. The fraction of sp³-hybridized carbons (Fsp3) is 0.286. The lowest BCUT2D eigenvalue weighted by Crippen LogP contribution is -2.37. The Balaban J connectivity index is 1.46. The van der Waals surface area contributed by atoms with Crippen LogP contribution in [-0.2, 0) is 25.4 Å². The third kappa shape index (κ3) is 3.56. The van der Waals surface area contributed by atoms with Gasteiger partial charge in [-0.15, -0.1) is 0 Å². The largest absolute Gasteiger partial charge is 0.460 e. The zero-order valence-corrected chi connectivity index (χ0v) is 17.7. The quantitative estimate of drug-likeness (QED) is 0.446. The lowest BCUT2D eigenvalue weighted by atomic mass is 10.2. The number of imidazole rings is 1. The summed E-state index contributed by atoms with van der Waals surface area (Å²) >= 11 is 0. The number of ether oxygens (including phenoxy) is 1. The van der Waals surface area contributed by atoms with Gasteiger partial charge in [-0.1, -0.05) is 0 Å². The van der Waals surface area contributed by atoms with E-state index in [-0.39, 0.29) is 18.7 Å². The Kier molecular flexibility index (Phi) is 5.05. The number of fused-ring (bicyclic) bond motifs is 1. The van der Waals surface area contributed by atoms with Crippen LogP contribution >= 0.6 is 0 Å². The van der Waals surface area contributed by atoms with Gasteiger partial charge in [-0.2, -0.15) is 5.10 Å². The zero-order chi connectivity index (χ0) is 22.3. The number of hydrogen-bond acceptors (Lipinski definition) is 6. The van der Waals surface area contributed by atoms with Crippen LogP contribution in [0.2, 0.25) is 0 Å². The fourth-order valence-corrected chi connectivity index (χ4v) is 3.52. The summed E-state index contributed by atoms with van der Waals surface area (Å²) in [6, 6.07) is 8.97. The summed E-state index contributed by atoms with van der Waals surface area (Å²) in [5, 5.41) is 4.43. The molecular weight excluding hydrogens is 400 g/mol. The van der Waals surface area contributed by atoms with Gasteiger partial charge in [-0.25, -0.2) is 19.3 Å². The molecule has 0 aliphatic rings. The van der Waals surface area contributed by atoms with Crippen LogP contribution in [0.5, 0.6) is 0 Å². The number of carbonyl (C=O) groups is 1. The molecule has 10 heteroatoms. The number of nitrogens with zero attached hydrogens (tertiary/aromatic N) is 6. The smallest absolute Gasteiger partial charge is 0.338 e. The van der Waals surface area contributed by atoms with Crippen molar-refractivity contribution in [2.45, 2.75) is 20.4 Å². The molecule has 0 bridgehead atoms. The van der Waals surface area contributed by atoms with Crippen molar-refractivity contribution in [3.63, 3.8) is 0 Å². The van der Waals surface area contributed by atoms with E-state index >= 15 is 0 Å². The number of rotatable bonds is 5. The Morgan fingerprint density at radius 1 is 1.06 bits per heavy atom. The summed E-state index contributed by atoms with van der Waals surface area (Å²) in [4.78, 5) is 41.0. The summed E-state index contributed by atoms with van der Waals surface area (Å²) in [5.41, 5.74) is 2.88. The second-order valence-electron chi connectivity index (χ2n) is 7.34. The number of aromatic nitrogens is 6. The van der Waals surface area contributed by atoms with Crippen molar-refractivity contribution in [1.82, 2.24) is 28.5 Å². The van der Waals surface area contributed by atoms with Crippen LogP contribution in [0.3, 0.4) is 0 Å². The Morgan fingerprint density at radius 2 is 1.77 bits per heavy atom. The standard InChI is InChI=1S/C21H22N6O4/c1-13-11-14(2)27(23-13)16-7-5-15(6-8-16)20(29)31-10-9-26-12-22-18-17(26)19(28)25(4)21(30)24(18)3/h5-8,11-12H,9-10H2,1-4H3. The van der Waals surface area contributed by atoms with E-state index in [0.717, 1.165) is 21.6 Å². The molecule has 3 aromatic heterocycles. The number of esters is 1. The predicted molar refractivity (Wildman–Crippen MR) is 114 cm³/mol. The molecule has 31 heavy (non-hydrogen) atoms. The van der Waals surface area contributed by atoms with Gasteiger partial charge >= 0.3 is 11.7 Å². The summed E-state index contributed by atoms with van der Waals surface area (Å²) in [6.45, 7) is 4.18. The van der Waals surface area contributed by atoms with Gasteiger partial charge in [0.15, 0.2) is 11.2 Å². The molecule has 0 atom stereocenters. The van der Waals surface area contributed by atoms with Crippen molar-refractivity contribution in [2.24, 2.45) is 14.1 Å². The minimum absolute atomic E-state index is 0.0511. The van der Waals surface area contributed by atoms with Gasteiger partial charge in [0.25, 0.3) is 5.56 Å². The van der Waals surface area contributed by atoms with Crippen LogP contribution in [0.15, 0.2) is 46.2 Å². The van der Waals surface area contributed by atoms with Gasteiger partial charge in [0.05, 0.1) is 29.8 Å². The number of carbonyl (C=O) groups excluding carboxylic acids is 1. The van der Waals surface area contributed by atoms with Crippen LogP contribution in [-0.4, -0.2) is 41.0 Å². The molecule has 10 nitrogen and oxygen atoms in total. The predicted octanol–water partition coefficient (Wildman–Crippen LogP) is 1.09. The lowest BCUT2D eigenvalue weighted by Gasteiger charge is -2.09. The van der Waals surface area contributed by atoms with E-state index in [9.17, 15) is 14.4 Å². The normalized spacial score (nSPS) is 11.2. The molecule has 0 saturated carbocycles. The van der Waals surface area contributed by atoms with E-state index < -0.39 is 17.2 Å². The van der Waals surface area contributed by atoms with Gasteiger partial charge in [0.1, 0.15) is 6.61 Å². The summed E-state index contributed by atoms with van der Waals surface area (Å²) < 4.78 is 11.1. The van der Waals surface area contributed by atoms with Crippen LogP contribution in [0.1, 0.15) is 21.7 Å². The molecule has 0 N–H and O–H groups in total. The van der Waals surface area contributed by atoms with Crippen molar-refractivity contribution < 1.29 is 9.53 Å². The van der Waals surface area contributed by atoms with Gasteiger partial charge < -0.3 is 9.30 Å². The Hall–Kier alpha value is -3.95. The summed E-state index contributed by atoms with van der Waals surface area (Å²) in [7, 11) is 2.97. The van der Waals surface area contributed by atoms with Crippen molar-refractivity contribution >= 4 is 17.1 Å². The number of aryl methyl sites for hydroxylation is 3. The Labute approximate surface area is 176 Å². The van der Waals surface area contributed by atoms with Gasteiger partial charge in [0, 0.05) is 19.8 Å². The molecule has 0 amide bonds. The monoisotopic (exact) mass is 422 g/mol. The van der Waals surface area contributed by atoms with E-state index in [2.05, 4.69) is 10.1 Å². The lowest BCUT2D eigenvalue weighted by molar-refractivity contribution is 0.0492.